The van der Waals surface area contributed by atoms with Gasteiger partial charge in [-0.2, -0.15) is 0 Å². The third kappa shape index (κ3) is 3.16. The summed E-state index contributed by atoms with van der Waals surface area (Å²) in [5.74, 6) is 1.50. The van der Waals surface area contributed by atoms with Crippen LogP contribution in [0, 0.1) is 6.92 Å². The SMILES string of the molecule is COc1cccc(/C=C/c2ccc(C)cc2)c1OC. The lowest BCUT2D eigenvalue weighted by atomic mass is 10.1. The molecular weight excluding hydrogens is 236 g/mol. The van der Waals surface area contributed by atoms with Gasteiger partial charge in [0, 0.05) is 5.56 Å². The Balaban J connectivity index is 2.30. The van der Waals surface area contributed by atoms with Crippen molar-refractivity contribution in [3.8, 4) is 11.5 Å². The van der Waals surface area contributed by atoms with Crippen molar-refractivity contribution >= 4 is 12.2 Å². The maximum Gasteiger partial charge on any atom is 0.167 e. The lowest BCUT2D eigenvalue weighted by molar-refractivity contribution is 0.354. The maximum absolute atomic E-state index is 5.40. The molecule has 2 aromatic carbocycles. The minimum absolute atomic E-state index is 0.744. The highest BCUT2D eigenvalue weighted by Crippen LogP contribution is 2.31. The molecule has 0 fully saturated rings. The van der Waals surface area contributed by atoms with Crippen LogP contribution in [0.25, 0.3) is 12.2 Å². The van der Waals surface area contributed by atoms with Gasteiger partial charge < -0.3 is 9.47 Å². The summed E-state index contributed by atoms with van der Waals surface area (Å²) >= 11 is 0. The molecule has 98 valence electrons. The van der Waals surface area contributed by atoms with E-state index in [4.69, 9.17) is 9.47 Å². The van der Waals surface area contributed by atoms with Crippen molar-refractivity contribution in [3.05, 3.63) is 59.2 Å². The number of hydrogen-bond donors (Lipinski definition) is 0. The predicted octanol–water partition coefficient (Wildman–Crippen LogP) is 4.18. The molecule has 2 aromatic rings. The number of benzene rings is 2. The minimum atomic E-state index is 0.744. The quantitative estimate of drug-likeness (QED) is 0.762. The van der Waals surface area contributed by atoms with Crippen LogP contribution in [-0.4, -0.2) is 14.2 Å². The largest absolute Gasteiger partial charge is 0.493 e. The van der Waals surface area contributed by atoms with Crippen molar-refractivity contribution in [2.75, 3.05) is 14.2 Å². The Morgan fingerprint density at radius 2 is 1.58 bits per heavy atom. The third-order valence-corrected chi connectivity index (χ3v) is 2.97. The zero-order valence-electron chi connectivity index (χ0n) is 11.5. The summed E-state index contributed by atoms with van der Waals surface area (Å²) in [6, 6.07) is 14.2. The van der Waals surface area contributed by atoms with E-state index in [9.17, 15) is 0 Å². The summed E-state index contributed by atoms with van der Waals surface area (Å²) in [6.45, 7) is 2.08. The van der Waals surface area contributed by atoms with Gasteiger partial charge in [-0.1, -0.05) is 54.1 Å². The van der Waals surface area contributed by atoms with Crippen LogP contribution >= 0.6 is 0 Å². The number of para-hydroxylation sites is 1. The highest BCUT2D eigenvalue weighted by Gasteiger charge is 2.06. The first-order valence-electron chi connectivity index (χ1n) is 6.20. The topological polar surface area (TPSA) is 18.5 Å². The second kappa shape index (κ2) is 6.10. The lowest BCUT2D eigenvalue weighted by Crippen LogP contribution is -1.92. The van der Waals surface area contributed by atoms with Crippen LogP contribution in [0.3, 0.4) is 0 Å². The summed E-state index contributed by atoms with van der Waals surface area (Å²) in [5, 5.41) is 0. The fraction of sp³-hybridized carbons (Fsp3) is 0.176. The second-order valence-corrected chi connectivity index (χ2v) is 4.33. The smallest absolute Gasteiger partial charge is 0.167 e. The summed E-state index contributed by atoms with van der Waals surface area (Å²) in [7, 11) is 3.30. The zero-order chi connectivity index (χ0) is 13.7. The average molecular weight is 254 g/mol. The number of methoxy groups -OCH3 is 2. The van der Waals surface area contributed by atoms with Crippen molar-refractivity contribution in [1.29, 1.82) is 0 Å². The van der Waals surface area contributed by atoms with Gasteiger partial charge >= 0.3 is 0 Å². The Hall–Kier alpha value is -2.22. The summed E-state index contributed by atoms with van der Waals surface area (Å²) in [6.07, 6.45) is 4.10. The Morgan fingerprint density at radius 1 is 0.842 bits per heavy atom. The van der Waals surface area contributed by atoms with Gasteiger partial charge in [-0.15, -0.1) is 0 Å². The number of aryl methyl sites for hydroxylation is 1. The van der Waals surface area contributed by atoms with Crippen LogP contribution in [-0.2, 0) is 0 Å². The summed E-state index contributed by atoms with van der Waals surface area (Å²) in [5.41, 5.74) is 3.43. The molecule has 0 spiro atoms. The molecule has 0 bridgehead atoms. The Labute approximate surface area is 114 Å². The first-order valence-corrected chi connectivity index (χ1v) is 6.20. The Morgan fingerprint density at radius 3 is 2.21 bits per heavy atom. The molecule has 0 atom stereocenters. The van der Waals surface area contributed by atoms with Crippen molar-refractivity contribution in [1.82, 2.24) is 0 Å². The molecule has 0 saturated heterocycles. The molecule has 0 aliphatic heterocycles. The van der Waals surface area contributed by atoms with Crippen molar-refractivity contribution < 1.29 is 9.47 Å². The second-order valence-electron chi connectivity index (χ2n) is 4.33. The maximum atomic E-state index is 5.40. The first kappa shape index (κ1) is 13.2. The van der Waals surface area contributed by atoms with Gasteiger partial charge in [0.05, 0.1) is 14.2 Å². The first-order chi connectivity index (χ1) is 9.24. The van der Waals surface area contributed by atoms with Crippen LogP contribution in [0.5, 0.6) is 11.5 Å². The Kier molecular flexibility index (Phi) is 4.24. The molecule has 2 nitrogen and oxygen atoms in total. The highest BCUT2D eigenvalue weighted by atomic mass is 16.5. The fourth-order valence-electron chi connectivity index (χ4n) is 1.91. The van der Waals surface area contributed by atoms with Gasteiger partial charge in [0.1, 0.15) is 0 Å². The van der Waals surface area contributed by atoms with Gasteiger partial charge in [0.15, 0.2) is 11.5 Å². The summed E-state index contributed by atoms with van der Waals surface area (Å²) < 4.78 is 10.7. The molecule has 0 aliphatic rings. The van der Waals surface area contributed by atoms with Gasteiger partial charge in [0.2, 0.25) is 0 Å². The van der Waals surface area contributed by atoms with E-state index in [1.807, 2.05) is 24.3 Å². The van der Waals surface area contributed by atoms with Crippen molar-refractivity contribution in [3.63, 3.8) is 0 Å². The molecule has 2 heteroatoms. The molecule has 0 amide bonds. The van der Waals surface area contributed by atoms with E-state index >= 15 is 0 Å². The van der Waals surface area contributed by atoms with E-state index in [2.05, 4.69) is 37.3 Å². The molecule has 0 N–H and O–H groups in total. The zero-order valence-corrected chi connectivity index (χ0v) is 11.5. The van der Waals surface area contributed by atoms with Crippen LogP contribution < -0.4 is 9.47 Å². The molecule has 0 heterocycles. The standard InChI is InChI=1S/C17H18O2/c1-13-7-9-14(10-8-13)11-12-15-5-4-6-16(18-2)17(15)19-3/h4-12H,1-3H3/b12-11+. The normalized spacial score (nSPS) is 10.7. The molecule has 0 aromatic heterocycles. The fourth-order valence-corrected chi connectivity index (χ4v) is 1.91. The van der Waals surface area contributed by atoms with Gasteiger partial charge in [-0.25, -0.2) is 0 Å². The number of ether oxygens (including phenoxy) is 2. The van der Waals surface area contributed by atoms with E-state index in [1.165, 1.54) is 5.56 Å². The van der Waals surface area contributed by atoms with E-state index < -0.39 is 0 Å². The predicted molar refractivity (Wildman–Crippen MR) is 79.7 cm³/mol. The Bertz CT molecular complexity index is 568. The van der Waals surface area contributed by atoms with Crippen molar-refractivity contribution in [2.24, 2.45) is 0 Å². The molecule has 2 rings (SSSR count). The van der Waals surface area contributed by atoms with E-state index in [-0.39, 0.29) is 0 Å². The minimum Gasteiger partial charge on any atom is -0.493 e. The van der Waals surface area contributed by atoms with Crippen LogP contribution in [0.2, 0.25) is 0 Å². The molecule has 0 saturated carbocycles. The van der Waals surface area contributed by atoms with Crippen LogP contribution in [0.4, 0.5) is 0 Å². The molecule has 19 heavy (non-hydrogen) atoms. The number of rotatable bonds is 4. The molecule has 0 aliphatic carbocycles. The van der Waals surface area contributed by atoms with E-state index in [0.29, 0.717) is 0 Å². The molecular formula is C17H18O2. The van der Waals surface area contributed by atoms with Gasteiger partial charge in [-0.3, -0.25) is 0 Å². The lowest BCUT2D eigenvalue weighted by Gasteiger charge is -2.09. The average Bonchev–Trinajstić information content (AvgIpc) is 2.46. The van der Waals surface area contributed by atoms with E-state index in [0.717, 1.165) is 22.6 Å². The van der Waals surface area contributed by atoms with Crippen LogP contribution in [0.1, 0.15) is 16.7 Å². The monoisotopic (exact) mass is 254 g/mol. The number of hydrogen-bond acceptors (Lipinski definition) is 2. The highest BCUT2D eigenvalue weighted by molar-refractivity contribution is 5.74. The van der Waals surface area contributed by atoms with E-state index in [1.54, 1.807) is 14.2 Å². The van der Waals surface area contributed by atoms with Gasteiger partial charge in [0.25, 0.3) is 0 Å². The third-order valence-electron chi connectivity index (χ3n) is 2.97. The van der Waals surface area contributed by atoms with Crippen molar-refractivity contribution in [2.45, 2.75) is 6.92 Å². The van der Waals surface area contributed by atoms with Crippen LogP contribution in [0.15, 0.2) is 42.5 Å². The molecule has 0 radical (unpaired) electrons. The summed E-state index contributed by atoms with van der Waals surface area (Å²) in [4.78, 5) is 0. The molecule has 0 unspecified atom stereocenters. The van der Waals surface area contributed by atoms with Gasteiger partial charge in [-0.05, 0) is 18.6 Å².